The van der Waals surface area contributed by atoms with Crippen LogP contribution in [0.2, 0.25) is 5.02 Å². The summed E-state index contributed by atoms with van der Waals surface area (Å²) in [4.78, 5) is 29.8. The van der Waals surface area contributed by atoms with Crippen LogP contribution in [0.4, 0.5) is 20.3 Å². The number of nitrogens with two attached hydrogens (primary N) is 1. The number of carbonyl (C=O) groups excluding carboxylic acids is 1. The molecule has 0 atom stereocenters. The van der Waals surface area contributed by atoms with E-state index in [0.29, 0.717) is 5.69 Å². The Morgan fingerprint density at radius 3 is 2.49 bits per heavy atom. The molecule has 0 bridgehead atoms. The molecular weight excluding hydrogens is 482 g/mol. The molecule has 0 spiro atoms. The normalized spacial score (nSPS) is 10.6. The standard InChI is InChI=1S/C24H17ClF2N4O4/c1-34-18-9-11-31(15-5-2-13(26)3-6-15)24(33)20(18)23(32)30-14-4-7-17(16(27)12-14)35-19-8-10-29-22(28)21(19)25/h2-12H,1H3,(H2,28,29)(H,30,32). The Labute approximate surface area is 202 Å². The Kier molecular flexibility index (Phi) is 6.65. The van der Waals surface area contributed by atoms with Crippen molar-refractivity contribution in [3.8, 4) is 22.9 Å². The summed E-state index contributed by atoms with van der Waals surface area (Å²) < 4.78 is 39.7. The molecule has 4 aromatic rings. The number of ether oxygens (including phenoxy) is 2. The Morgan fingerprint density at radius 2 is 1.80 bits per heavy atom. The van der Waals surface area contributed by atoms with E-state index in [1.54, 1.807) is 0 Å². The third-order valence-electron chi connectivity index (χ3n) is 4.90. The first kappa shape index (κ1) is 23.7. The van der Waals surface area contributed by atoms with Gasteiger partial charge in [0, 0.05) is 35.9 Å². The van der Waals surface area contributed by atoms with Crippen LogP contribution in [0.15, 0.2) is 71.8 Å². The molecule has 11 heteroatoms. The summed E-state index contributed by atoms with van der Waals surface area (Å²) in [5, 5.41) is 2.50. The van der Waals surface area contributed by atoms with Gasteiger partial charge in [-0.2, -0.15) is 0 Å². The number of nitrogens with one attached hydrogen (secondary N) is 1. The number of hydrogen-bond acceptors (Lipinski definition) is 6. The van der Waals surface area contributed by atoms with E-state index < -0.39 is 23.1 Å². The summed E-state index contributed by atoms with van der Waals surface area (Å²) >= 11 is 6.02. The maximum absolute atomic E-state index is 14.7. The lowest BCUT2D eigenvalue weighted by molar-refractivity contribution is 0.102. The van der Waals surface area contributed by atoms with Crippen LogP contribution in [0.3, 0.4) is 0 Å². The summed E-state index contributed by atoms with van der Waals surface area (Å²) in [6.45, 7) is 0. The van der Waals surface area contributed by atoms with Crippen molar-refractivity contribution >= 4 is 29.0 Å². The third-order valence-corrected chi connectivity index (χ3v) is 5.28. The first-order valence-electron chi connectivity index (χ1n) is 10.0. The molecule has 2 heterocycles. The largest absolute Gasteiger partial charge is 0.496 e. The Bertz CT molecular complexity index is 1480. The van der Waals surface area contributed by atoms with Crippen LogP contribution in [0.1, 0.15) is 10.4 Å². The molecule has 2 aromatic heterocycles. The molecule has 0 radical (unpaired) electrons. The number of nitrogens with zero attached hydrogens (tertiary/aromatic N) is 2. The van der Waals surface area contributed by atoms with Crippen LogP contribution < -0.4 is 26.1 Å². The van der Waals surface area contributed by atoms with Gasteiger partial charge in [0.2, 0.25) is 0 Å². The van der Waals surface area contributed by atoms with Crippen molar-refractivity contribution in [3.63, 3.8) is 0 Å². The lowest BCUT2D eigenvalue weighted by Gasteiger charge is -2.13. The van der Waals surface area contributed by atoms with Crippen LogP contribution >= 0.6 is 11.6 Å². The van der Waals surface area contributed by atoms with Gasteiger partial charge in [0.1, 0.15) is 28.0 Å². The Balaban J connectivity index is 1.61. The highest BCUT2D eigenvalue weighted by atomic mass is 35.5. The highest BCUT2D eigenvalue weighted by Gasteiger charge is 2.20. The van der Waals surface area contributed by atoms with Crippen molar-refractivity contribution in [2.75, 3.05) is 18.2 Å². The lowest BCUT2D eigenvalue weighted by Crippen LogP contribution is -2.29. The quantitative estimate of drug-likeness (QED) is 0.395. The predicted octanol–water partition coefficient (Wildman–Crippen LogP) is 4.80. The molecule has 8 nitrogen and oxygen atoms in total. The van der Waals surface area contributed by atoms with Gasteiger partial charge in [-0.1, -0.05) is 11.6 Å². The minimum atomic E-state index is -0.832. The number of amides is 1. The Hall–Kier alpha value is -4.44. The fourth-order valence-corrected chi connectivity index (χ4v) is 3.35. The highest BCUT2D eigenvalue weighted by molar-refractivity contribution is 6.34. The van der Waals surface area contributed by atoms with Gasteiger partial charge in [-0.25, -0.2) is 13.8 Å². The molecule has 1 amide bonds. The van der Waals surface area contributed by atoms with Crippen molar-refractivity contribution in [1.82, 2.24) is 9.55 Å². The molecule has 0 fully saturated rings. The number of hydrogen-bond donors (Lipinski definition) is 2. The zero-order valence-corrected chi connectivity index (χ0v) is 18.8. The van der Waals surface area contributed by atoms with E-state index in [-0.39, 0.29) is 39.3 Å². The summed E-state index contributed by atoms with van der Waals surface area (Å²) in [5.74, 6) is -2.15. The van der Waals surface area contributed by atoms with Gasteiger partial charge in [-0.05, 0) is 42.5 Å². The molecule has 0 unspecified atom stereocenters. The summed E-state index contributed by atoms with van der Waals surface area (Å²) in [6, 6.07) is 11.7. The average molecular weight is 499 g/mol. The molecule has 3 N–H and O–H groups in total. The molecule has 0 aliphatic heterocycles. The van der Waals surface area contributed by atoms with E-state index in [1.807, 2.05) is 0 Å². The number of anilines is 2. The molecule has 0 saturated carbocycles. The number of pyridine rings is 2. The van der Waals surface area contributed by atoms with Crippen molar-refractivity contribution in [2.45, 2.75) is 0 Å². The molecule has 0 saturated heterocycles. The van der Waals surface area contributed by atoms with E-state index in [1.165, 1.54) is 72.6 Å². The van der Waals surface area contributed by atoms with Crippen LogP contribution in [0, 0.1) is 11.6 Å². The van der Waals surface area contributed by atoms with Gasteiger partial charge in [0.05, 0.1) is 7.11 Å². The fraction of sp³-hybridized carbons (Fsp3) is 0.0417. The second kappa shape index (κ2) is 9.82. The number of rotatable bonds is 6. The average Bonchev–Trinajstić information content (AvgIpc) is 2.84. The van der Waals surface area contributed by atoms with Crippen molar-refractivity contribution < 1.29 is 23.0 Å². The van der Waals surface area contributed by atoms with Gasteiger partial charge < -0.3 is 20.5 Å². The minimum Gasteiger partial charge on any atom is -0.496 e. The van der Waals surface area contributed by atoms with Crippen molar-refractivity contribution in [3.05, 3.63) is 99.6 Å². The van der Waals surface area contributed by atoms with Gasteiger partial charge in [-0.3, -0.25) is 14.2 Å². The van der Waals surface area contributed by atoms with Crippen LogP contribution in [-0.2, 0) is 0 Å². The smallest absolute Gasteiger partial charge is 0.271 e. The molecule has 2 aromatic carbocycles. The maximum atomic E-state index is 14.7. The second-order valence-corrected chi connectivity index (χ2v) is 7.50. The molecule has 0 aliphatic carbocycles. The summed E-state index contributed by atoms with van der Waals surface area (Å²) in [5.41, 5.74) is 4.99. The predicted molar refractivity (Wildman–Crippen MR) is 127 cm³/mol. The first-order valence-corrected chi connectivity index (χ1v) is 10.4. The third kappa shape index (κ3) is 4.92. The molecule has 0 aliphatic rings. The minimum absolute atomic E-state index is 0.0104. The SMILES string of the molecule is COc1ccn(-c2ccc(F)cc2)c(=O)c1C(=O)Nc1ccc(Oc2ccnc(N)c2Cl)c(F)c1. The number of nitrogen functional groups attached to an aromatic ring is 1. The molecular formula is C24H17ClF2N4O4. The molecule has 35 heavy (non-hydrogen) atoms. The zero-order valence-electron chi connectivity index (χ0n) is 18.1. The van der Waals surface area contributed by atoms with Crippen molar-refractivity contribution in [1.29, 1.82) is 0 Å². The van der Waals surface area contributed by atoms with E-state index in [9.17, 15) is 18.4 Å². The zero-order chi connectivity index (χ0) is 25.1. The van der Waals surface area contributed by atoms with Gasteiger partial charge >= 0.3 is 0 Å². The number of halogens is 3. The second-order valence-electron chi connectivity index (χ2n) is 7.12. The number of carbonyl (C=O) groups is 1. The summed E-state index contributed by atoms with van der Waals surface area (Å²) in [7, 11) is 1.30. The summed E-state index contributed by atoms with van der Waals surface area (Å²) in [6.07, 6.45) is 2.75. The van der Waals surface area contributed by atoms with Crippen LogP contribution in [0.25, 0.3) is 5.69 Å². The lowest BCUT2D eigenvalue weighted by atomic mass is 10.2. The van der Waals surface area contributed by atoms with E-state index >= 15 is 0 Å². The number of benzene rings is 2. The van der Waals surface area contributed by atoms with Gasteiger partial charge in [0.25, 0.3) is 11.5 Å². The van der Waals surface area contributed by atoms with Gasteiger partial charge in [-0.15, -0.1) is 0 Å². The van der Waals surface area contributed by atoms with Crippen LogP contribution in [0.5, 0.6) is 17.2 Å². The topological polar surface area (TPSA) is 108 Å². The van der Waals surface area contributed by atoms with Gasteiger partial charge in [0.15, 0.2) is 17.3 Å². The Morgan fingerprint density at radius 1 is 1.06 bits per heavy atom. The first-order chi connectivity index (χ1) is 16.8. The number of aromatic nitrogens is 2. The fourth-order valence-electron chi connectivity index (χ4n) is 3.20. The highest BCUT2D eigenvalue weighted by Crippen LogP contribution is 2.34. The maximum Gasteiger partial charge on any atom is 0.271 e. The van der Waals surface area contributed by atoms with Crippen LogP contribution in [-0.4, -0.2) is 22.6 Å². The van der Waals surface area contributed by atoms with E-state index in [2.05, 4.69) is 10.3 Å². The monoisotopic (exact) mass is 498 g/mol. The number of methoxy groups -OCH3 is 1. The molecule has 4 rings (SSSR count). The van der Waals surface area contributed by atoms with Crippen molar-refractivity contribution in [2.24, 2.45) is 0 Å². The van der Waals surface area contributed by atoms with E-state index in [4.69, 9.17) is 26.8 Å². The molecule has 178 valence electrons. The van der Waals surface area contributed by atoms with E-state index in [0.717, 1.165) is 6.07 Å².